The second-order valence-corrected chi connectivity index (χ2v) is 5.87. The molecule has 0 radical (unpaired) electrons. The Labute approximate surface area is 110 Å². The van der Waals surface area contributed by atoms with Crippen LogP contribution in [0.4, 0.5) is 0 Å². The predicted molar refractivity (Wildman–Crippen MR) is 79.2 cm³/mol. The number of fused-ring (bicyclic) bond motifs is 1. The van der Waals surface area contributed by atoms with Gasteiger partial charge in [0.25, 0.3) is 0 Å². The van der Waals surface area contributed by atoms with Crippen LogP contribution >= 0.6 is 0 Å². The molecule has 0 amide bonds. The Morgan fingerprint density at radius 2 is 1.72 bits per heavy atom. The van der Waals surface area contributed by atoms with E-state index in [0.29, 0.717) is 0 Å². The lowest BCUT2D eigenvalue weighted by Gasteiger charge is -2.25. The van der Waals surface area contributed by atoms with Crippen molar-refractivity contribution in [1.82, 2.24) is 9.88 Å². The number of benzene rings is 1. The molecule has 0 fully saturated rings. The van der Waals surface area contributed by atoms with E-state index >= 15 is 0 Å². The molecule has 0 bridgehead atoms. The number of rotatable bonds is 2. The Balaban J connectivity index is 2.95. The molecule has 0 aliphatic carbocycles. The zero-order valence-electron chi connectivity index (χ0n) is 12.6. The summed E-state index contributed by atoms with van der Waals surface area (Å²) in [4.78, 5) is 0. The van der Waals surface area contributed by atoms with Crippen molar-refractivity contribution in [3.05, 3.63) is 34.5 Å². The molecule has 0 aliphatic heterocycles. The van der Waals surface area contributed by atoms with Gasteiger partial charge in [-0.25, -0.2) is 0 Å². The zero-order valence-corrected chi connectivity index (χ0v) is 12.6. The molecular formula is C16H24N2. The average molecular weight is 244 g/mol. The fourth-order valence-corrected chi connectivity index (χ4v) is 2.95. The van der Waals surface area contributed by atoms with Gasteiger partial charge < -0.3 is 9.88 Å². The van der Waals surface area contributed by atoms with E-state index in [4.69, 9.17) is 0 Å². The van der Waals surface area contributed by atoms with Crippen LogP contribution in [0.1, 0.15) is 36.2 Å². The van der Waals surface area contributed by atoms with Crippen molar-refractivity contribution in [3.63, 3.8) is 0 Å². The summed E-state index contributed by atoms with van der Waals surface area (Å²) in [5.41, 5.74) is 6.78. The third-order valence-corrected chi connectivity index (χ3v) is 4.19. The van der Waals surface area contributed by atoms with Gasteiger partial charge in [-0.3, -0.25) is 0 Å². The van der Waals surface area contributed by atoms with E-state index in [-0.39, 0.29) is 5.54 Å². The van der Waals surface area contributed by atoms with E-state index in [1.807, 2.05) is 7.05 Å². The topological polar surface area (TPSA) is 17.0 Å². The summed E-state index contributed by atoms with van der Waals surface area (Å²) >= 11 is 0. The highest BCUT2D eigenvalue weighted by atomic mass is 15.0. The third-order valence-electron chi connectivity index (χ3n) is 4.19. The number of nitrogens with zero attached hydrogens (tertiary/aromatic N) is 1. The van der Waals surface area contributed by atoms with Gasteiger partial charge in [-0.1, -0.05) is 6.07 Å². The molecule has 2 heteroatoms. The van der Waals surface area contributed by atoms with Gasteiger partial charge in [-0.15, -0.1) is 0 Å². The number of aryl methyl sites for hydroxylation is 3. The third kappa shape index (κ3) is 1.76. The van der Waals surface area contributed by atoms with Crippen molar-refractivity contribution in [2.24, 2.45) is 7.05 Å². The molecular weight excluding hydrogens is 220 g/mol. The van der Waals surface area contributed by atoms with Crippen molar-refractivity contribution in [2.75, 3.05) is 7.05 Å². The van der Waals surface area contributed by atoms with Gasteiger partial charge in [0, 0.05) is 34.7 Å². The lowest BCUT2D eigenvalue weighted by atomic mass is 9.89. The van der Waals surface area contributed by atoms with Gasteiger partial charge >= 0.3 is 0 Å². The van der Waals surface area contributed by atoms with E-state index in [9.17, 15) is 0 Å². The Bertz CT molecular complexity index is 603. The molecule has 1 N–H and O–H groups in total. The molecule has 1 aromatic carbocycles. The molecule has 98 valence electrons. The van der Waals surface area contributed by atoms with Gasteiger partial charge in [0.05, 0.1) is 0 Å². The van der Waals surface area contributed by atoms with Gasteiger partial charge in [0.2, 0.25) is 0 Å². The van der Waals surface area contributed by atoms with Gasteiger partial charge in [0.1, 0.15) is 0 Å². The number of hydrogen-bond donors (Lipinski definition) is 1. The minimum atomic E-state index is -0.0103. The molecule has 18 heavy (non-hydrogen) atoms. The highest BCUT2D eigenvalue weighted by Crippen LogP contribution is 2.35. The van der Waals surface area contributed by atoms with Crippen LogP contribution in [0.5, 0.6) is 0 Å². The van der Waals surface area contributed by atoms with Crippen LogP contribution in [0.25, 0.3) is 10.9 Å². The summed E-state index contributed by atoms with van der Waals surface area (Å²) in [7, 11) is 4.19. The monoisotopic (exact) mass is 244 g/mol. The van der Waals surface area contributed by atoms with Crippen LogP contribution < -0.4 is 5.32 Å². The van der Waals surface area contributed by atoms with E-state index in [1.54, 1.807) is 0 Å². The molecule has 2 aromatic rings. The van der Waals surface area contributed by atoms with Crippen molar-refractivity contribution in [3.8, 4) is 0 Å². The second-order valence-electron chi connectivity index (χ2n) is 5.87. The first kappa shape index (κ1) is 13.2. The number of nitrogens with one attached hydrogen (secondary N) is 1. The van der Waals surface area contributed by atoms with Crippen LogP contribution in [0.15, 0.2) is 12.1 Å². The van der Waals surface area contributed by atoms with Gasteiger partial charge in [0.15, 0.2) is 0 Å². The zero-order chi connectivity index (χ0) is 13.7. The second kappa shape index (κ2) is 4.13. The van der Waals surface area contributed by atoms with Crippen molar-refractivity contribution in [1.29, 1.82) is 0 Å². The van der Waals surface area contributed by atoms with Gasteiger partial charge in [-0.2, -0.15) is 0 Å². The summed E-state index contributed by atoms with van der Waals surface area (Å²) in [5, 5.41) is 4.84. The Kier molecular flexibility index (Phi) is 3.02. The molecule has 1 aromatic heterocycles. The SMILES string of the molecule is CNC(C)(C)c1c(C)n(C)c2cc(C)cc(C)c12. The highest BCUT2D eigenvalue weighted by Gasteiger charge is 2.26. The quantitative estimate of drug-likeness (QED) is 0.854. The fraction of sp³-hybridized carbons (Fsp3) is 0.500. The van der Waals surface area contributed by atoms with E-state index in [2.05, 4.69) is 63.7 Å². The average Bonchev–Trinajstić information content (AvgIpc) is 2.54. The van der Waals surface area contributed by atoms with Crippen LogP contribution in [-0.2, 0) is 12.6 Å². The van der Waals surface area contributed by atoms with E-state index in [0.717, 1.165) is 0 Å². The lowest BCUT2D eigenvalue weighted by Crippen LogP contribution is -2.33. The Morgan fingerprint density at radius 1 is 1.11 bits per heavy atom. The summed E-state index contributed by atoms with van der Waals surface area (Å²) < 4.78 is 2.31. The summed E-state index contributed by atoms with van der Waals surface area (Å²) in [6.45, 7) is 11.1. The lowest BCUT2D eigenvalue weighted by molar-refractivity contribution is 0.444. The summed E-state index contributed by atoms with van der Waals surface area (Å²) in [5.74, 6) is 0. The predicted octanol–water partition coefficient (Wildman–Crippen LogP) is 3.56. The van der Waals surface area contributed by atoms with Crippen LogP contribution in [-0.4, -0.2) is 11.6 Å². The van der Waals surface area contributed by atoms with E-state index < -0.39 is 0 Å². The molecule has 2 nitrogen and oxygen atoms in total. The van der Waals surface area contributed by atoms with Gasteiger partial charge in [-0.05, 0) is 58.9 Å². The van der Waals surface area contributed by atoms with Crippen LogP contribution in [0.3, 0.4) is 0 Å². The first-order valence-corrected chi connectivity index (χ1v) is 6.55. The molecule has 0 unspecified atom stereocenters. The molecule has 0 saturated carbocycles. The number of hydrogen-bond acceptors (Lipinski definition) is 1. The molecule has 1 heterocycles. The maximum atomic E-state index is 3.43. The molecule has 0 aliphatic rings. The highest BCUT2D eigenvalue weighted by molar-refractivity contribution is 5.90. The molecule has 0 spiro atoms. The van der Waals surface area contributed by atoms with Crippen molar-refractivity contribution >= 4 is 10.9 Å². The smallest absolute Gasteiger partial charge is 0.0488 e. The molecule has 2 rings (SSSR count). The Hall–Kier alpha value is -1.28. The minimum Gasteiger partial charge on any atom is -0.348 e. The maximum Gasteiger partial charge on any atom is 0.0488 e. The maximum absolute atomic E-state index is 3.43. The first-order chi connectivity index (χ1) is 8.29. The van der Waals surface area contributed by atoms with Crippen LogP contribution in [0.2, 0.25) is 0 Å². The standard InChI is InChI=1S/C16H24N2/c1-10-8-11(2)14-13(9-10)18(7)12(3)15(14)16(4,5)17-6/h8-9,17H,1-7H3. The van der Waals surface area contributed by atoms with Crippen molar-refractivity contribution < 1.29 is 0 Å². The summed E-state index contributed by atoms with van der Waals surface area (Å²) in [6, 6.07) is 4.56. The number of aromatic nitrogens is 1. The molecule has 0 saturated heterocycles. The Morgan fingerprint density at radius 3 is 2.28 bits per heavy atom. The van der Waals surface area contributed by atoms with E-state index in [1.165, 1.54) is 33.3 Å². The summed E-state index contributed by atoms with van der Waals surface area (Å²) in [6.07, 6.45) is 0. The first-order valence-electron chi connectivity index (χ1n) is 6.55. The largest absolute Gasteiger partial charge is 0.348 e. The van der Waals surface area contributed by atoms with Crippen LogP contribution in [0, 0.1) is 20.8 Å². The molecule has 0 atom stereocenters. The van der Waals surface area contributed by atoms with Crippen molar-refractivity contribution in [2.45, 2.75) is 40.2 Å². The fourth-order valence-electron chi connectivity index (χ4n) is 2.95. The normalized spacial score (nSPS) is 12.4. The minimum absolute atomic E-state index is 0.0103.